The van der Waals surface area contributed by atoms with Crippen molar-refractivity contribution in [2.24, 2.45) is 0 Å². The van der Waals surface area contributed by atoms with Crippen molar-refractivity contribution in [3.8, 4) is 17.7 Å². The van der Waals surface area contributed by atoms with E-state index in [1.54, 1.807) is 18.2 Å². The van der Waals surface area contributed by atoms with Gasteiger partial charge in [-0.1, -0.05) is 6.07 Å². The molecule has 2 rings (SSSR count). The van der Waals surface area contributed by atoms with Gasteiger partial charge in [-0.25, -0.2) is 0 Å². The summed E-state index contributed by atoms with van der Waals surface area (Å²) >= 11 is 0. The number of nitro groups is 1. The third-order valence-electron chi connectivity index (χ3n) is 2.54. The highest BCUT2D eigenvalue weighted by atomic mass is 16.6. The van der Waals surface area contributed by atoms with Gasteiger partial charge in [-0.05, 0) is 25.1 Å². The number of nitrogens with zero attached hydrogens (tertiary/aromatic N) is 3. The number of rotatable bonds is 5. The minimum absolute atomic E-state index is 0.0928. The van der Waals surface area contributed by atoms with Gasteiger partial charge in [-0.2, -0.15) is 10.2 Å². The molecule has 106 valence electrons. The fraction of sp³-hybridized carbons (Fsp3) is 0.143. The summed E-state index contributed by atoms with van der Waals surface area (Å²) in [5.74, 6) is 0.845. The van der Waals surface area contributed by atoms with Crippen LogP contribution in [0.4, 0.5) is 11.5 Å². The van der Waals surface area contributed by atoms with E-state index < -0.39 is 4.92 Å². The number of benzene rings is 1. The first kappa shape index (κ1) is 14.3. The molecule has 0 aliphatic rings. The maximum Gasteiger partial charge on any atom is 0.278 e. The van der Waals surface area contributed by atoms with Gasteiger partial charge in [0, 0.05) is 6.54 Å². The maximum atomic E-state index is 10.9. The van der Waals surface area contributed by atoms with Crippen LogP contribution in [-0.4, -0.2) is 16.5 Å². The first-order chi connectivity index (χ1) is 10.1. The molecule has 0 atom stereocenters. The van der Waals surface area contributed by atoms with Crippen LogP contribution in [0.5, 0.6) is 11.6 Å². The summed E-state index contributed by atoms with van der Waals surface area (Å²) in [6.07, 6.45) is 0. The monoisotopic (exact) mass is 284 g/mol. The summed E-state index contributed by atoms with van der Waals surface area (Å²) in [6.45, 7) is 2.44. The third kappa shape index (κ3) is 3.67. The van der Waals surface area contributed by atoms with E-state index in [-0.39, 0.29) is 11.6 Å². The SMILES string of the molecule is CCNc1cc([N+](=O)[O-])cc(Oc2cccc(C#N)c2)n1. The average Bonchev–Trinajstić information content (AvgIpc) is 2.47. The van der Waals surface area contributed by atoms with Crippen molar-refractivity contribution in [1.29, 1.82) is 5.26 Å². The molecule has 0 bridgehead atoms. The summed E-state index contributed by atoms with van der Waals surface area (Å²) in [6, 6.07) is 11.0. The predicted octanol–water partition coefficient (Wildman–Crippen LogP) is 3.09. The number of aromatic nitrogens is 1. The zero-order valence-corrected chi connectivity index (χ0v) is 11.2. The van der Waals surface area contributed by atoms with Gasteiger partial charge in [-0.15, -0.1) is 0 Å². The molecule has 0 saturated heterocycles. The van der Waals surface area contributed by atoms with Crippen LogP contribution >= 0.6 is 0 Å². The highest BCUT2D eigenvalue weighted by Gasteiger charge is 2.12. The second-order valence-electron chi connectivity index (χ2n) is 4.08. The lowest BCUT2D eigenvalue weighted by Crippen LogP contribution is -2.02. The topological polar surface area (TPSA) is 101 Å². The van der Waals surface area contributed by atoms with E-state index in [1.807, 2.05) is 13.0 Å². The van der Waals surface area contributed by atoms with Gasteiger partial charge in [0.1, 0.15) is 11.6 Å². The fourth-order valence-electron chi connectivity index (χ4n) is 1.67. The lowest BCUT2D eigenvalue weighted by molar-refractivity contribution is -0.384. The molecule has 7 heteroatoms. The quantitative estimate of drug-likeness (QED) is 0.668. The zero-order valence-electron chi connectivity index (χ0n) is 11.2. The van der Waals surface area contributed by atoms with Crippen molar-refractivity contribution in [3.05, 3.63) is 52.1 Å². The van der Waals surface area contributed by atoms with Crippen molar-refractivity contribution < 1.29 is 9.66 Å². The molecule has 0 unspecified atom stereocenters. The van der Waals surface area contributed by atoms with Crippen molar-refractivity contribution in [2.45, 2.75) is 6.92 Å². The number of ether oxygens (including phenoxy) is 1. The summed E-state index contributed by atoms with van der Waals surface area (Å²) < 4.78 is 5.49. The molecule has 1 heterocycles. The molecule has 0 spiro atoms. The molecule has 0 amide bonds. The smallest absolute Gasteiger partial charge is 0.278 e. The van der Waals surface area contributed by atoms with E-state index in [0.717, 1.165) is 0 Å². The fourth-order valence-corrected chi connectivity index (χ4v) is 1.67. The Kier molecular flexibility index (Phi) is 4.31. The van der Waals surface area contributed by atoms with E-state index in [0.29, 0.717) is 23.7 Å². The van der Waals surface area contributed by atoms with E-state index in [9.17, 15) is 10.1 Å². The normalized spacial score (nSPS) is 9.71. The van der Waals surface area contributed by atoms with Gasteiger partial charge in [0.25, 0.3) is 5.69 Å². The van der Waals surface area contributed by atoms with Gasteiger partial charge in [0.2, 0.25) is 5.88 Å². The number of anilines is 1. The number of nitrogens with one attached hydrogen (secondary N) is 1. The molecule has 1 N–H and O–H groups in total. The molecular weight excluding hydrogens is 272 g/mol. The molecule has 7 nitrogen and oxygen atoms in total. The molecular formula is C14H12N4O3. The van der Waals surface area contributed by atoms with Crippen LogP contribution in [0, 0.1) is 21.4 Å². The Bertz CT molecular complexity index is 710. The van der Waals surface area contributed by atoms with Gasteiger partial charge in [-0.3, -0.25) is 10.1 Å². The molecule has 0 saturated carbocycles. The van der Waals surface area contributed by atoms with E-state index in [2.05, 4.69) is 10.3 Å². The van der Waals surface area contributed by atoms with E-state index >= 15 is 0 Å². The summed E-state index contributed by atoms with van der Waals surface area (Å²) in [5, 5.41) is 22.7. The Labute approximate surface area is 121 Å². The highest BCUT2D eigenvalue weighted by Crippen LogP contribution is 2.26. The van der Waals surface area contributed by atoms with Crippen molar-refractivity contribution in [1.82, 2.24) is 4.98 Å². The minimum atomic E-state index is -0.513. The average molecular weight is 284 g/mol. The second kappa shape index (κ2) is 6.34. The van der Waals surface area contributed by atoms with Gasteiger partial charge < -0.3 is 10.1 Å². The lowest BCUT2D eigenvalue weighted by Gasteiger charge is -2.07. The van der Waals surface area contributed by atoms with Gasteiger partial charge in [0.15, 0.2) is 0 Å². The molecule has 1 aromatic heterocycles. The van der Waals surface area contributed by atoms with Crippen molar-refractivity contribution in [3.63, 3.8) is 0 Å². The number of hydrogen-bond acceptors (Lipinski definition) is 6. The van der Waals surface area contributed by atoms with Crippen LogP contribution < -0.4 is 10.1 Å². The van der Waals surface area contributed by atoms with Crippen LogP contribution in [0.15, 0.2) is 36.4 Å². The first-order valence-electron chi connectivity index (χ1n) is 6.20. The van der Waals surface area contributed by atoms with Gasteiger partial charge >= 0.3 is 0 Å². The van der Waals surface area contributed by atoms with Crippen LogP contribution in [-0.2, 0) is 0 Å². The largest absolute Gasteiger partial charge is 0.439 e. The predicted molar refractivity (Wildman–Crippen MR) is 76.3 cm³/mol. The Morgan fingerprint density at radius 2 is 2.24 bits per heavy atom. The molecule has 21 heavy (non-hydrogen) atoms. The zero-order chi connectivity index (χ0) is 15.2. The van der Waals surface area contributed by atoms with E-state index in [1.165, 1.54) is 18.2 Å². The molecule has 0 aliphatic carbocycles. The van der Waals surface area contributed by atoms with Crippen LogP contribution in [0.1, 0.15) is 12.5 Å². The standard InChI is InChI=1S/C14H12N4O3/c1-2-16-13-7-11(18(19)20)8-14(17-13)21-12-5-3-4-10(6-12)9-15/h3-8H,2H2,1H3,(H,16,17). The Morgan fingerprint density at radius 1 is 1.43 bits per heavy atom. The van der Waals surface area contributed by atoms with Crippen LogP contribution in [0.3, 0.4) is 0 Å². The summed E-state index contributed by atoms with van der Waals surface area (Å²) in [7, 11) is 0. The highest BCUT2D eigenvalue weighted by molar-refractivity contribution is 5.49. The molecule has 0 radical (unpaired) electrons. The Morgan fingerprint density at radius 3 is 2.90 bits per heavy atom. The second-order valence-corrected chi connectivity index (χ2v) is 4.08. The molecule has 0 aliphatic heterocycles. The van der Waals surface area contributed by atoms with Crippen LogP contribution in [0.2, 0.25) is 0 Å². The number of hydrogen-bond donors (Lipinski definition) is 1. The first-order valence-corrected chi connectivity index (χ1v) is 6.20. The number of pyridine rings is 1. The Balaban J connectivity index is 2.34. The summed E-state index contributed by atoms with van der Waals surface area (Å²) in [5.41, 5.74) is 0.317. The maximum absolute atomic E-state index is 10.9. The van der Waals surface area contributed by atoms with Crippen molar-refractivity contribution in [2.75, 3.05) is 11.9 Å². The van der Waals surface area contributed by atoms with Gasteiger partial charge in [0.05, 0.1) is 28.7 Å². The molecule has 0 fully saturated rings. The lowest BCUT2D eigenvalue weighted by atomic mass is 10.2. The minimum Gasteiger partial charge on any atom is -0.439 e. The Hall–Kier alpha value is -3.14. The molecule has 1 aromatic carbocycles. The van der Waals surface area contributed by atoms with E-state index in [4.69, 9.17) is 10.00 Å². The third-order valence-corrected chi connectivity index (χ3v) is 2.54. The molecule has 2 aromatic rings. The van der Waals surface area contributed by atoms with Crippen molar-refractivity contribution >= 4 is 11.5 Å². The number of nitriles is 1. The van der Waals surface area contributed by atoms with Crippen LogP contribution in [0.25, 0.3) is 0 Å². The summed E-state index contributed by atoms with van der Waals surface area (Å²) in [4.78, 5) is 14.5.